The van der Waals surface area contributed by atoms with E-state index in [4.69, 9.17) is 10.2 Å². The van der Waals surface area contributed by atoms with Gasteiger partial charge in [0.25, 0.3) is 0 Å². The molecule has 4 rings (SSSR count). The van der Waals surface area contributed by atoms with Gasteiger partial charge in [0.1, 0.15) is 11.5 Å². The molecule has 0 saturated heterocycles. The minimum Gasteiger partial charge on any atom is -0.459 e. The van der Waals surface area contributed by atoms with Crippen LogP contribution in [0.1, 0.15) is 27.2 Å². The van der Waals surface area contributed by atoms with E-state index in [9.17, 15) is 9.59 Å². The normalized spacial score (nSPS) is 13.3. The van der Waals surface area contributed by atoms with E-state index in [1.807, 2.05) is 36.4 Å². The Bertz CT molecular complexity index is 992. The Morgan fingerprint density at radius 2 is 1.78 bits per heavy atom. The third kappa shape index (κ3) is 3.49. The first-order valence-electron chi connectivity index (χ1n) is 8.94. The standard InChI is InChI=1S/C22H20N2O3/c23-22(26)18-9-5-4-8-16(18)13-21(25)24-11-10-17-12-19(27-20(17)14-24)15-6-2-1-3-7-15/h1-9,12H,10-11,13-14H2,(H2,23,26). The van der Waals surface area contributed by atoms with Gasteiger partial charge in [-0.2, -0.15) is 0 Å². The van der Waals surface area contributed by atoms with E-state index in [-0.39, 0.29) is 12.3 Å². The molecule has 0 bridgehead atoms. The summed E-state index contributed by atoms with van der Waals surface area (Å²) in [5.74, 6) is 1.11. The Hall–Kier alpha value is -3.34. The van der Waals surface area contributed by atoms with Crippen LogP contribution in [0.15, 0.2) is 65.1 Å². The molecule has 0 unspecified atom stereocenters. The first kappa shape index (κ1) is 17.1. The van der Waals surface area contributed by atoms with Crippen LogP contribution in [0.5, 0.6) is 0 Å². The van der Waals surface area contributed by atoms with Gasteiger partial charge in [0.15, 0.2) is 0 Å². The Morgan fingerprint density at radius 1 is 1.04 bits per heavy atom. The number of rotatable bonds is 4. The molecule has 1 aromatic heterocycles. The topological polar surface area (TPSA) is 76.5 Å². The van der Waals surface area contributed by atoms with Gasteiger partial charge in [0, 0.05) is 17.7 Å². The van der Waals surface area contributed by atoms with Crippen molar-refractivity contribution in [2.75, 3.05) is 6.54 Å². The molecule has 136 valence electrons. The second kappa shape index (κ2) is 7.11. The average molecular weight is 360 g/mol. The number of hydrogen-bond donors (Lipinski definition) is 1. The number of nitrogens with zero attached hydrogens (tertiary/aromatic N) is 1. The summed E-state index contributed by atoms with van der Waals surface area (Å²) < 4.78 is 6.02. The zero-order chi connectivity index (χ0) is 18.8. The molecule has 27 heavy (non-hydrogen) atoms. The Labute approximate surface area is 157 Å². The molecule has 0 spiro atoms. The van der Waals surface area contributed by atoms with Crippen LogP contribution in [0.3, 0.4) is 0 Å². The largest absolute Gasteiger partial charge is 0.459 e. The summed E-state index contributed by atoms with van der Waals surface area (Å²) in [6, 6.07) is 19.0. The van der Waals surface area contributed by atoms with Gasteiger partial charge in [0.05, 0.1) is 13.0 Å². The molecule has 5 nitrogen and oxygen atoms in total. The molecule has 3 aromatic rings. The van der Waals surface area contributed by atoms with Crippen LogP contribution in [-0.4, -0.2) is 23.3 Å². The fourth-order valence-electron chi connectivity index (χ4n) is 3.47. The summed E-state index contributed by atoms with van der Waals surface area (Å²) >= 11 is 0. The molecule has 0 radical (unpaired) electrons. The monoisotopic (exact) mass is 360 g/mol. The molecule has 0 atom stereocenters. The second-order valence-electron chi connectivity index (χ2n) is 6.69. The van der Waals surface area contributed by atoms with Gasteiger partial charge in [-0.15, -0.1) is 0 Å². The number of carbonyl (C=O) groups excluding carboxylic acids is 2. The van der Waals surface area contributed by atoms with Crippen LogP contribution in [0.2, 0.25) is 0 Å². The number of fused-ring (bicyclic) bond motifs is 1. The highest BCUT2D eigenvalue weighted by Gasteiger charge is 2.25. The van der Waals surface area contributed by atoms with E-state index in [0.29, 0.717) is 24.2 Å². The maximum absolute atomic E-state index is 12.8. The molecule has 0 fully saturated rings. The SMILES string of the molecule is NC(=O)c1ccccc1CC(=O)N1CCc2cc(-c3ccccc3)oc2C1. The van der Waals surface area contributed by atoms with Crippen molar-refractivity contribution in [1.82, 2.24) is 4.90 Å². The molecule has 1 aliphatic rings. The van der Waals surface area contributed by atoms with Crippen molar-refractivity contribution >= 4 is 11.8 Å². The minimum atomic E-state index is -0.516. The molecular formula is C22H20N2O3. The first-order valence-corrected chi connectivity index (χ1v) is 8.94. The summed E-state index contributed by atoms with van der Waals surface area (Å²) in [6.45, 7) is 1.08. The molecule has 1 aliphatic heterocycles. The lowest BCUT2D eigenvalue weighted by Gasteiger charge is -2.26. The van der Waals surface area contributed by atoms with Crippen LogP contribution in [0.25, 0.3) is 11.3 Å². The van der Waals surface area contributed by atoms with E-state index in [1.165, 1.54) is 0 Å². The Balaban J connectivity index is 1.51. The number of nitrogens with two attached hydrogens (primary N) is 1. The van der Waals surface area contributed by atoms with Crippen molar-refractivity contribution in [1.29, 1.82) is 0 Å². The van der Waals surface area contributed by atoms with Crippen molar-refractivity contribution in [3.05, 3.63) is 83.1 Å². The molecule has 0 saturated carbocycles. The van der Waals surface area contributed by atoms with Gasteiger partial charge in [-0.3, -0.25) is 9.59 Å². The summed E-state index contributed by atoms with van der Waals surface area (Å²) in [5, 5.41) is 0. The van der Waals surface area contributed by atoms with Gasteiger partial charge in [0.2, 0.25) is 11.8 Å². The third-order valence-corrected chi connectivity index (χ3v) is 4.92. The van der Waals surface area contributed by atoms with E-state index >= 15 is 0 Å². The second-order valence-corrected chi connectivity index (χ2v) is 6.69. The molecule has 2 amide bonds. The number of benzene rings is 2. The first-order chi connectivity index (χ1) is 13.1. The number of furan rings is 1. The maximum atomic E-state index is 12.8. The van der Waals surface area contributed by atoms with Crippen molar-refractivity contribution in [3.8, 4) is 11.3 Å². The van der Waals surface area contributed by atoms with Crippen molar-refractivity contribution < 1.29 is 14.0 Å². The van der Waals surface area contributed by atoms with Crippen LogP contribution in [0.4, 0.5) is 0 Å². The Morgan fingerprint density at radius 3 is 2.56 bits per heavy atom. The van der Waals surface area contributed by atoms with Gasteiger partial charge in [-0.05, 0) is 29.7 Å². The fraction of sp³-hybridized carbons (Fsp3) is 0.182. The molecule has 2 N–H and O–H groups in total. The zero-order valence-electron chi connectivity index (χ0n) is 14.9. The Kier molecular flexibility index (Phi) is 4.50. The highest BCUT2D eigenvalue weighted by atomic mass is 16.3. The smallest absolute Gasteiger partial charge is 0.248 e. The van der Waals surface area contributed by atoms with Gasteiger partial charge >= 0.3 is 0 Å². The van der Waals surface area contributed by atoms with E-state index in [0.717, 1.165) is 29.1 Å². The van der Waals surface area contributed by atoms with E-state index < -0.39 is 5.91 Å². The average Bonchev–Trinajstić information content (AvgIpc) is 3.12. The van der Waals surface area contributed by atoms with Crippen LogP contribution >= 0.6 is 0 Å². The fourth-order valence-corrected chi connectivity index (χ4v) is 3.47. The van der Waals surface area contributed by atoms with Crippen LogP contribution < -0.4 is 5.73 Å². The van der Waals surface area contributed by atoms with Crippen molar-refractivity contribution in [2.24, 2.45) is 5.73 Å². The van der Waals surface area contributed by atoms with Gasteiger partial charge in [-0.25, -0.2) is 0 Å². The lowest BCUT2D eigenvalue weighted by atomic mass is 10.0. The van der Waals surface area contributed by atoms with Gasteiger partial charge < -0.3 is 15.1 Å². The summed E-state index contributed by atoms with van der Waals surface area (Å²) in [5.41, 5.74) is 8.64. The molecule has 2 aromatic carbocycles. The van der Waals surface area contributed by atoms with E-state index in [2.05, 4.69) is 6.07 Å². The summed E-state index contributed by atoms with van der Waals surface area (Å²) in [4.78, 5) is 26.1. The lowest BCUT2D eigenvalue weighted by molar-refractivity contribution is -0.131. The molecular weight excluding hydrogens is 340 g/mol. The number of hydrogen-bond acceptors (Lipinski definition) is 3. The highest BCUT2D eigenvalue weighted by Crippen LogP contribution is 2.29. The third-order valence-electron chi connectivity index (χ3n) is 4.92. The summed E-state index contributed by atoms with van der Waals surface area (Å²) in [6.07, 6.45) is 0.912. The lowest BCUT2D eigenvalue weighted by Crippen LogP contribution is -2.36. The predicted molar refractivity (Wildman–Crippen MR) is 102 cm³/mol. The minimum absolute atomic E-state index is 0.0352. The molecule has 5 heteroatoms. The van der Waals surface area contributed by atoms with Crippen molar-refractivity contribution in [3.63, 3.8) is 0 Å². The number of amides is 2. The van der Waals surface area contributed by atoms with Crippen molar-refractivity contribution in [2.45, 2.75) is 19.4 Å². The van der Waals surface area contributed by atoms with E-state index in [1.54, 1.807) is 23.1 Å². The molecule has 0 aliphatic carbocycles. The van der Waals surface area contributed by atoms with Crippen LogP contribution in [0, 0.1) is 0 Å². The molecule has 2 heterocycles. The van der Waals surface area contributed by atoms with Gasteiger partial charge in [-0.1, -0.05) is 48.5 Å². The number of carbonyl (C=O) groups is 2. The quantitative estimate of drug-likeness (QED) is 0.776. The predicted octanol–water partition coefficient (Wildman–Crippen LogP) is 3.17. The zero-order valence-corrected chi connectivity index (χ0v) is 14.9. The maximum Gasteiger partial charge on any atom is 0.248 e. The highest BCUT2D eigenvalue weighted by molar-refractivity contribution is 5.95. The van der Waals surface area contributed by atoms with Crippen LogP contribution in [-0.2, 0) is 24.2 Å². The summed E-state index contributed by atoms with van der Waals surface area (Å²) in [7, 11) is 0. The number of primary amides is 1.